The van der Waals surface area contributed by atoms with Crippen LogP contribution in [0.3, 0.4) is 0 Å². The van der Waals surface area contributed by atoms with Crippen molar-refractivity contribution in [3.63, 3.8) is 0 Å². The number of benzene rings is 1. The highest BCUT2D eigenvalue weighted by Crippen LogP contribution is 2.44. The fraction of sp³-hybridized carbons (Fsp3) is 0.286. The van der Waals surface area contributed by atoms with Crippen LogP contribution in [-0.2, 0) is 0 Å². The lowest BCUT2D eigenvalue weighted by atomic mass is 10.1. The van der Waals surface area contributed by atoms with E-state index in [4.69, 9.17) is 0 Å². The molecule has 6 heteroatoms. The van der Waals surface area contributed by atoms with Gasteiger partial charge in [-0.2, -0.15) is 0 Å². The van der Waals surface area contributed by atoms with Crippen LogP contribution in [0.25, 0.3) is 11.4 Å². The number of hydrogen-bond donors (Lipinski definition) is 2. The van der Waals surface area contributed by atoms with Crippen molar-refractivity contribution >= 4 is 21.7 Å². The monoisotopic (exact) mass is 337 g/mol. The summed E-state index contributed by atoms with van der Waals surface area (Å²) in [5.74, 6) is 0.867. The molecule has 2 N–H and O–H groups in total. The maximum atomic E-state index is 13.4. The number of halogens is 2. The van der Waals surface area contributed by atoms with Crippen LogP contribution in [0.15, 0.2) is 22.7 Å². The average molecular weight is 338 g/mol. The van der Waals surface area contributed by atoms with Crippen LogP contribution in [0.4, 0.5) is 10.2 Å². The first-order valence-electron chi connectivity index (χ1n) is 6.33. The third-order valence-electron chi connectivity index (χ3n) is 3.22. The van der Waals surface area contributed by atoms with Crippen LogP contribution < -0.4 is 5.32 Å². The Labute approximate surface area is 124 Å². The molecule has 0 unspecified atom stereocenters. The van der Waals surface area contributed by atoms with Gasteiger partial charge in [0, 0.05) is 24.6 Å². The molecule has 104 valence electrons. The first kappa shape index (κ1) is 13.3. The third-order valence-corrected chi connectivity index (χ3v) is 4.00. The van der Waals surface area contributed by atoms with E-state index in [1.165, 1.54) is 12.1 Å². The van der Waals surface area contributed by atoms with E-state index in [-0.39, 0.29) is 5.75 Å². The van der Waals surface area contributed by atoms with Gasteiger partial charge in [-0.05, 0) is 40.9 Å². The molecule has 1 fully saturated rings. The van der Waals surface area contributed by atoms with E-state index in [2.05, 4.69) is 31.2 Å². The van der Waals surface area contributed by atoms with Gasteiger partial charge in [0.05, 0.1) is 10.2 Å². The minimum absolute atomic E-state index is 0.134. The first-order chi connectivity index (χ1) is 9.58. The second-order valence-electron chi connectivity index (χ2n) is 4.82. The Balaban J connectivity index is 2.15. The minimum atomic E-state index is -0.509. The highest BCUT2D eigenvalue weighted by atomic mass is 79.9. The van der Waals surface area contributed by atoms with Crippen molar-refractivity contribution in [2.24, 2.45) is 0 Å². The van der Waals surface area contributed by atoms with Gasteiger partial charge in [0.1, 0.15) is 17.4 Å². The summed E-state index contributed by atoms with van der Waals surface area (Å²) in [6, 6.07) is 3.84. The molecule has 0 amide bonds. The summed E-state index contributed by atoms with van der Waals surface area (Å²) in [5.41, 5.74) is 1.40. The molecule has 0 saturated heterocycles. The third kappa shape index (κ3) is 2.47. The molecule has 0 bridgehead atoms. The molecule has 1 aliphatic rings. The van der Waals surface area contributed by atoms with Crippen molar-refractivity contribution in [2.75, 3.05) is 12.4 Å². The van der Waals surface area contributed by atoms with Crippen LogP contribution in [-0.4, -0.2) is 22.1 Å². The topological polar surface area (TPSA) is 58.0 Å². The summed E-state index contributed by atoms with van der Waals surface area (Å²) in [7, 11) is 1.77. The summed E-state index contributed by atoms with van der Waals surface area (Å²) >= 11 is 3.51. The molecule has 20 heavy (non-hydrogen) atoms. The van der Waals surface area contributed by atoms with Crippen LogP contribution >= 0.6 is 15.9 Å². The van der Waals surface area contributed by atoms with Crippen molar-refractivity contribution in [3.8, 4) is 17.1 Å². The molecule has 4 nitrogen and oxygen atoms in total. The average Bonchev–Trinajstić information content (AvgIpc) is 3.22. The summed E-state index contributed by atoms with van der Waals surface area (Å²) in [6.07, 6.45) is 2.21. The molecule has 2 aromatic rings. The molecule has 1 aromatic heterocycles. The lowest BCUT2D eigenvalue weighted by molar-refractivity contribution is 0.469. The predicted molar refractivity (Wildman–Crippen MR) is 78.3 cm³/mol. The molecule has 0 atom stereocenters. The molecule has 1 saturated carbocycles. The van der Waals surface area contributed by atoms with Crippen LogP contribution in [0, 0.1) is 5.82 Å². The van der Waals surface area contributed by atoms with E-state index < -0.39 is 5.82 Å². The van der Waals surface area contributed by atoms with Gasteiger partial charge in [0.25, 0.3) is 0 Å². The van der Waals surface area contributed by atoms with Crippen molar-refractivity contribution in [1.29, 1.82) is 0 Å². The van der Waals surface area contributed by atoms with E-state index >= 15 is 0 Å². The molecular formula is C14H13BrFN3O. The number of nitrogens with one attached hydrogen (secondary N) is 1. The van der Waals surface area contributed by atoms with Gasteiger partial charge in [-0.1, -0.05) is 0 Å². The molecule has 1 heterocycles. The van der Waals surface area contributed by atoms with Gasteiger partial charge in [-0.3, -0.25) is 0 Å². The normalized spacial score (nSPS) is 14.3. The van der Waals surface area contributed by atoms with Crippen molar-refractivity contribution in [2.45, 2.75) is 18.8 Å². The molecule has 0 radical (unpaired) electrons. The maximum absolute atomic E-state index is 13.4. The summed E-state index contributed by atoms with van der Waals surface area (Å²) in [5, 5.41) is 12.5. The molecule has 3 rings (SSSR count). The van der Waals surface area contributed by atoms with Gasteiger partial charge in [0.2, 0.25) is 0 Å². The molecular weight excluding hydrogens is 325 g/mol. The maximum Gasteiger partial charge on any atom is 0.162 e. The second kappa shape index (κ2) is 5.01. The zero-order valence-corrected chi connectivity index (χ0v) is 12.4. The highest BCUT2D eigenvalue weighted by molar-refractivity contribution is 9.10. The van der Waals surface area contributed by atoms with E-state index in [1.54, 1.807) is 7.05 Å². The van der Waals surface area contributed by atoms with E-state index in [0.717, 1.165) is 29.1 Å². The second-order valence-corrected chi connectivity index (χ2v) is 5.61. The van der Waals surface area contributed by atoms with Gasteiger partial charge < -0.3 is 10.4 Å². The van der Waals surface area contributed by atoms with Crippen molar-refractivity contribution in [3.05, 3.63) is 34.2 Å². The zero-order chi connectivity index (χ0) is 14.3. The Hall–Kier alpha value is -1.69. The van der Waals surface area contributed by atoms with E-state index in [0.29, 0.717) is 23.1 Å². The Kier molecular flexibility index (Phi) is 3.33. The number of rotatable bonds is 3. The molecule has 1 aliphatic carbocycles. The molecule has 1 aromatic carbocycles. The van der Waals surface area contributed by atoms with E-state index in [1.807, 2.05) is 0 Å². The van der Waals surface area contributed by atoms with Crippen LogP contribution in [0.1, 0.15) is 24.5 Å². The fourth-order valence-corrected chi connectivity index (χ4v) is 2.79. The largest absolute Gasteiger partial charge is 0.508 e. The number of aromatic hydroxyl groups is 1. The quantitative estimate of drug-likeness (QED) is 0.897. The SMILES string of the molecule is CNc1nc(-c2cc(O)cc(F)c2)nc(C2CC2)c1Br. The highest BCUT2D eigenvalue weighted by Gasteiger charge is 2.29. The Morgan fingerprint density at radius 1 is 1.30 bits per heavy atom. The predicted octanol–water partition coefficient (Wildman–Crippen LogP) is 3.67. The van der Waals surface area contributed by atoms with Crippen molar-refractivity contribution in [1.82, 2.24) is 9.97 Å². The molecule has 0 spiro atoms. The summed E-state index contributed by atoms with van der Waals surface area (Å²) < 4.78 is 14.3. The number of phenolic OH excluding ortho intramolecular Hbond substituents is 1. The lowest BCUT2D eigenvalue weighted by Gasteiger charge is -2.11. The summed E-state index contributed by atoms with van der Waals surface area (Å²) in [4.78, 5) is 8.89. The first-order valence-corrected chi connectivity index (χ1v) is 7.13. The number of phenols is 1. The standard InChI is InChI=1S/C14H13BrFN3O/c1-17-14-11(15)12(7-2-3-7)18-13(19-14)8-4-9(16)6-10(20)5-8/h4-7,20H,2-3H2,1H3,(H,17,18,19). The van der Waals surface area contributed by atoms with Crippen LogP contribution in [0.2, 0.25) is 0 Å². The van der Waals surface area contributed by atoms with Gasteiger partial charge in [0.15, 0.2) is 5.82 Å². The lowest BCUT2D eigenvalue weighted by Crippen LogP contribution is -2.02. The van der Waals surface area contributed by atoms with E-state index in [9.17, 15) is 9.50 Å². The molecule has 0 aliphatic heterocycles. The van der Waals surface area contributed by atoms with Crippen molar-refractivity contribution < 1.29 is 9.50 Å². The summed E-state index contributed by atoms with van der Waals surface area (Å²) in [6.45, 7) is 0. The van der Waals surface area contributed by atoms with Crippen LogP contribution in [0.5, 0.6) is 5.75 Å². The zero-order valence-electron chi connectivity index (χ0n) is 10.8. The fourth-order valence-electron chi connectivity index (χ4n) is 2.09. The van der Waals surface area contributed by atoms with Gasteiger partial charge in [-0.25, -0.2) is 14.4 Å². The number of anilines is 1. The Morgan fingerprint density at radius 2 is 2.05 bits per heavy atom. The number of aromatic nitrogens is 2. The number of nitrogens with zero attached hydrogens (tertiary/aromatic N) is 2. The Morgan fingerprint density at radius 3 is 2.65 bits per heavy atom. The smallest absolute Gasteiger partial charge is 0.162 e. The Bertz CT molecular complexity index is 653. The van der Waals surface area contributed by atoms with Gasteiger partial charge in [-0.15, -0.1) is 0 Å². The minimum Gasteiger partial charge on any atom is -0.508 e. The van der Waals surface area contributed by atoms with Gasteiger partial charge >= 0.3 is 0 Å². The number of hydrogen-bond acceptors (Lipinski definition) is 4.